The van der Waals surface area contributed by atoms with Crippen molar-refractivity contribution in [2.75, 3.05) is 0 Å². The Labute approximate surface area is 108 Å². The molecule has 0 fully saturated rings. The quantitative estimate of drug-likeness (QED) is 0.659. The molecule has 0 N–H and O–H groups in total. The Morgan fingerprint density at radius 3 is 2.65 bits per heavy atom. The summed E-state index contributed by atoms with van der Waals surface area (Å²) in [6.45, 7) is 2.07. The van der Waals surface area contributed by atoms with E-state index in [9.17, 15) is 0 Å². The fraction of sp³-hybridized carbons (Fsp3) is 0.0714. The van der Waals surface area contributed by atoms with Crippen LogP contribution >= 0.6 is 15.9 Å². The maximum Gasteiger partial charge on any atom is 0.140 e. The third-order valence-electron chi connectivity index (χ3n) is 2.77. The van der Waals surface area contributed by atoms with Crippen LogP contribution < -0.4 is 0 Å². The van der Waals surface area contributed by atoms with Gasteiger partial charge < -0.3 is 4.40 Å². The molecule has 0 atom stereocenters. The number of rotatable bonds is 1. The number of hydrogen-bond acceptors (Lipinski definition) is 1. The van der Waals surface area contributed by atoms with Gasteiger partial charge in [0.25, 0.3) is 0 Å². The summed E-state index contributed by atoms with van der Waals surface area (Å²) in [7, 11) is 0. The van der Waals surface area contributed by atoms with Crippen molar-refractivity contribution in [2.45, 2.75) is 6.92 Å². The maximum atomic E-state index is 4.67. The highest BCUT2D eigenvalue weighted by Gasteiger charge is 2.06. The average molecular weight is 287 g/mol. The molecule has 3 aromatic rings. The van der Waals surface area contributed by atoms with Crippen molar-refractivity contribution in [3.63, 3.8) is 0 Å². The summed E-state index contributed by atoms with van der Waals surface area (Å²) in [6, 6.07) is 12.3. The Bertz CT molecular complexity index is 671. The normalized spacial score (nSPS) is 10.9. The van der Waals surface area contributed by atoms with Gasteiger partial charge in [-0.05, 0) is 34.5 Å². The van der Waals surface area contributed by atoms with Crippen molar-refractivity contribution in [1.29, 1.82) is 0 Å². The van der Waals surface area contributed by atoms with E-state index in [1.54, 1.807) is 0 Å². The van der Waals surface area contributed by atoms with Gasteiger partial charge in [-0.2, -0.15) is 0 Å². The number of imidazole rings is 1. The smallest absolute Gasteiger partial charge is 0.140 e. The molecular weight excluding hydrogens is 276 g/mol. The van der Waals surface area contributed by atoms with E-state index in [-0.39, 0.29) is 0 Å². The number of hydrogen-bond donors (Lipinski definition) is 0. The van der Waals surface area contributed by atoms with Crippen LogP contribution in [-0.2, 0) is 0 Å². The highest BCUT2D eigenvalue weighted by Crippen LogP contribution is 2.22. The lowest BCUT2D eigenvalue weighted by molar-refractivity contribution is 1.15. The molecule has 0 radical (unpaired) electrons. The van der Waals surface area contributed by atoms with E-state index in [1.165, 1.54) is 5.56 Å². The molecule has 0 bridgehead atoms. The van der Waals surface area contributed by atoms with Gasteiger partial charge in [-0.1, -0.05) is 30.3 Å². The van der Waals surface area contributed by atoms with E-state index < -0.39 is 0 Å². The van der Waals surface area contributed by atoms with Crippen LogP contribution in [0, 0.1) is 6.92 Å². The molecule has 0 amide bonds. The molecule has 0 saturated carbocycles. The summed E-state index contributed by atoms with van der Waals surface area (Å²) in [5.41, 5.74) is 4.33. The molecule has 2 heterocycles. The summed E-state index contributed by atoms with van der Waals surface area (Å²) in [6.07, 6.45) is 4.09. The molecule has 0 aliphatic heterocycles. The Balaban J connectivity index is 2.24. The maximum absolute atomic E-state index is 4.67. The molecule has 3 heteroatoms. The molecule has 2 nitrogen and oxygen atoms in total. The van der Waals surface area contributed by atoms with E-state index in [2.05, 4.69) is 56.6 Å². The van der Waals surface area contributed by atoms with Crippen LogP contribution in [0.1, 0.15) is 5.56 Å². The number of benzene rings is 1. The topological polar surface area (TPSA) is 17.3 Å². The van der Waals surface area contributed by atoms with Crippen LogP contribution in [0.15, 0.2) is 53.3 Å². The molecule has 17 heavy (non-hydrogen) atoms. The molecular formula is C14H11BrN2. The number of aromatic nitrogens is 2. The summed E-state index contributed by atoms with van der Waals surface area (Å²) in [5.74, 6) is 0. The second kappa shape index (κ2) is 4.00. The van der Waals surface area contributed by atoms with Crippen molar-refractivity contribution >= 4 is 21.6 Å². The SMILES string of the molecule is Cc1cc(Br)cn2cc(-c3ccccc3)nc12. The van der Waals surface area contributed by atoms with Gasteiger partial charge in [0, 0.05) is 22.4 Å². The Kier molecular flexibility index (Phi) is 2.48. The number of fused-ring (bicyclic) bond motifs is 1. The highest BCUT2D eigenvalue weighted by molar-refractivity contribution is 9.10. The van der Waals surface area contributed by atoms with Crippen LogP contribution in [0.3, 0.4) is 0 Å². The summed E-state index contributed by atoms with van der Waals surface area (Å²) < 4.78 is 3.13. The first-order chi connectivity index (χ1) is 8.24. The number of aryl methyl sites for hydroxylation is 1. The molecule has 0 spiro atoms. The molecule has 0 saturated heterocycles. The molecule has 84 valence electrons. The minimum absolute atomic E-state index is 1.01. The van der Waals surface area contributed by atoms with Crippen molar-refractivity contribution in [2.24, 2.45) is 0 Å². The van der Waals surface area contributed by atoms with Crippen LogP contribution in [0.25, 0.3) is 16.9 Å². The van der Waals surface area contributed by atoms with Crippen LogP contribution in [-0.4, -0.2) is 9.38 Å². The Morgan fingerprint density at radius 1 is 1.12 bits per heavy atom. The molecule has 3 rings (SSSR count). The number of halogens is 1. The second-order valence-corrected chi connectivity index (χ2v) is 4.98. The van der Waals surface area contributed by atoms with Gasteiger partial charge in [-0.3, -0.25) is 0 Å². The average Bonchev–Trinajstić information content (AvgIpc) is 2.74. The Morgan fingerprint density at radius 2 is 1.88 bits per heavy atom. The van der Waals surface area contributed by atoms with E-state index in [0.29, 0.717) is 0 Å². The van der Waals surface area contributed by atoms with Gasteiger partial charge in [0.05, 0.1) is 5.69 Å². The van der Waals surface area contributed by atoms with E-state index in [1.807, 2.05) is 24.4 Å². The summed E-state index contributed by atoms with van der Waals surface area (Å²) in [4.78, 5) is 4.67. The van der Waals surface area contributed by atoms with Crippen LogP contribution in [0.2, 0.25) is 0 Å². The zero-order valence-corrected chi connectivity index (χ0v) is 11.0. The third kappa shape index (κ3) is 1.87. The van der Waals surface area contributed by atoms with E-state index >= 15 is 0 Å². The number of pyridine rings is 1. The summed E-state index contributed by atoms with van der Waals surface area (Å²) in [5, 5.41) is 0. The molecule has 2 aromatic heterocycles. The van der Waals surface area contributed by atoms with Gasteiger partial charge in [0.15, 0.2) is 0 Å². The van der Waals surface area contributed by atoms with Gasteiger partial charge >= 0.3 is 0 Å². The lowest BCUT2D eigenvalue weighted by Gasteiger charge is -1.97. The lowest BCUT2D eigenvalue weighted by atomic mass is 10.2. The predicted molar refractivity (Wildman–Crippen MR) is 73.1 cm³/mol. The van der Waals surface area contributed by atoms with E-state index in [4.69, 9.17) is 0 Å². The lowest BCUT2D eigenvalue weighted by Crippen LogP contribution is -1.86. The monoisotopic (exact) mass is 286 g/mol. The zero-order valence-electron chi connectivity index (χ0n) is 9.39. The van der Waals surface area contributed by atoms with Crippen molar-refractivity contribution in [3.05, 3.63) is 58.8 Å². The largest absolute Gasteiger partial charge is 0.305 e. The zero-order chi connectivity index (χ0) is 11.8. The molecule has 1 aromatic carbocycles. The predicted octanol–water partition coefficient (Wildman–Crippen LogP) is 4.07. The van der Waals surface area contributed by atoms with Crippen molar-refractivity contribution < 1.29 is 0 Å². The van der Waals surface area contributed by atoms with Crippen molar-refractivity contribution in [3.8, 4) is 11.3 Å². The van der Waals surface area contributed by atoms with Crippen LogP contribution in [0.5, 0.6) is 0 Å². The standard InChI is InChI=1S/C14H11BrN2/c1-10-7-12(15)8-17-9-13(16-14(10)17)11-5-3-2-4-6-11/h2-9H,1H3. The second-order valence-electron chi connectivity index (χ2n) is 4.06. The first kappa shape index (κ1) is 10.5. The van der Waals surface area contributed by atoms with Gasteiger partial charge in [-0.15, -0.1) is 0 Å². The molecule has 0 unspecified atom stereocenters. The fourth-order valence-electron chi connectivity index (χ4n) is 1.97. The highest BCUT2D eigenvalue weighted by atomic mass is 79.9. The minimum Gasteiger partial charge on any atom is -0.305 e. The molecule has 0 aliphatic carbocycles. The van der Waals surface area contributed by atoms with Gasteiger partial charge in [0.1, 0.15) is 5.65 Å². The van der Waals surface area contributed by atoms with Gasteiger partial charge in [0.2, 0.25) is 0 Å². The number of nitrogens with zero attached hydrogens (tertiary/aromatic N) is 2. The van der Waals surface area contributed by atoms with Crippen molar-refractivity contribution in [1.82, 2.24) is 9.38 Å². The summed E-state index contributed by atoms with van der Waals surface area (Å²) >= 11 is 3.50. The Hall–Kier alpha value is -1.61. The van der Waals surface area contributed by atoms with Crippen LogP contribution in [0.4, 0.5) is 0 Å². The molecule has 0 aliphatic rings. The minimum atomic E-state index is 1.01. The third-order valence-corrected chi connectivity index (χ3v) is 3.21. The fourth-order valence-corrected chi connectivity index (χ4v) is 2.54. The van der Waals surface area contributed by atoms with E-state index in [0.717, 1.165) is 21.4 Å². The first-order valence-electron chi connectivity index (χ1n) is 5.44. The van der Waals surface area contributed by atoms with Gasteiger partial charge in [-0.25, -0.2) is 4.98 Å². The first-order valence-corrected chi connectivity index (χ1v) is 6.23.